The van der Waals surface area contributed by atoms with Crippen molar-refractivity contribution >= 4 is 11.5 Å². The summed E-state index contributed by atoms with van der Waals surface area (Å²) in [5, 5.41) is 11.0. The van der Waals surface area contributed by atoms with Crippen LogP contribution < -0.4 is 10.9 Å². The van der Waals surface area contributed by atoms with Crippen LogP contribution in [0.3, 0.4) is 0 Å². The van der Waals surface area contributed by atoms with Crippen molar-refractivity contribution in [3.63, 3.8) is 0 Å². The van der Waals surface area contributed by atoms with Crippen LogP contribution in [0.5, 0.6) is 0 Å². The number of imidazole rings is 1. The van der Waals surface area contributed by atoms with Crippen LogP contribution in [-0.4, -0.2) is 21.2 Å². The lowest BCUT2D eigenvalue weighted by Gasteiger charge is -2.20. The van der Waals surface area contributed by atoms with Crippen molar-refractivity contribution in [3.8, 4) is 0 Å². The van der Waals surface area contributed by atoms with Gasteiger partial charge >= 0.3 is 6.18 Å². The Balaban J connectivity index is 1.69. The molecule has 1 aromatic heterocycles. The first kappa shape index (κ1) is 24.5. The maximum atomic E-state index is 13.8. The number of hydrogen-bond acceptors (Lipinski definition) is 2. The Bertz CT molecular complexity index is 1350. The zero-order chi connectivity index (χ0) is 25.5. The minimum atomic E-state index is -4.66. The molecular formula is C26H26F4N4O. The van der Waals surface area contributed by atoms with E-state index in [0.717, 1.165) is 18.4 Å². The molecule has 1 saturated carbocycles. The van der Waals surface area contributed by atoms with Crippen molar-refractivity contribution in [2.75, 3.05) is 0 Å². The molecule has 5 nitrogen and oxygen atoms in total. The van der Waals surface area contributed by atoms with Crippen LogP contribution in [-0.2, 0) is 13.6 Å². The van der Waals surface area contributed by atoms with Crippen LogP contribution in [0.4, 0.5) is 17.6 Å². The van der Waals surface area contributed by atoms with E-state index in [9.17, 15) is 22.4 Å². The average Bonchev–Trinajstić information content (AvgIpc) is 3.60. The zero-order valence-corrected chi connectivity index (χ0v) is 19.4. The summed E-state index contributed by atoms with van der Waals surface area (Å²) in [5.74, 6) is -0.682. The molecule has 184 valence electrons. The molecule has 1 heterocycles. The van der Waals surface area contributed by atoms with Crippen molar-refractivity contribution in [3.05, 3.63) is 94.6 Å². The largest absolute Gasteiger partial charge is 0.416 e. The van der Waals surface area contributed by atoms with Crippen LogP contribution in [0.1, 0.15) is 51.5 Å². The van der Waals surface area contributed by atoms with Gasteiger partial charge in [0, 0.05) is 25.0 Å². The van der Waals surface area contributed by atoms with E-state index >= 15 is 0 Å². The van der Waals surface area contributed by atoms with Gasteiger partial charge in [0.1, 0.15) is 5.82 Å². The highest BCUT2D eigenvalue weighted by molar-refractivity contribution is 5.95. The highest BCUT2D eigenvalue weighted by atomic mass is 19.4. The van der Waals surface area contributed by atoms with E-state index in [2.05, 4.69) is 11.9 Å². The highest BCUT2D eigenvalue weighted by Crippen LogP contribution is 2.41. The first-order valence-corrected chi connectivity index (χ1v) is 11.2. The number of hydrogen-bond donors (Lipinski definition) is 2. The van der Waals surface area contributed by atoms with Crippen LogP contribution in [0.25, 0.3) is 5.57 Å². The number of rotatable bonds is 7. The normalized spacial score (nSPS) is 14.6. The fourth-order valence-electron chi connectivity index (χ4n) is 4.09. The van der Waals surface area contributed by atoms with Crippen molar-refractivity contribution in [2.45, 2.75) is 38.5 Å². The molecule has 2 N–H and O–H groups in total. The van der Waals surface area contributed by atoms with Gasteiger partial charge in [0.15, 0.2) is 0 Å². The van der Waals surface area contributed by atoms with Gasteiger partial charge in [-0.2, -0.15) is 13.2 Å². The average molecular weight is 487 g/mol. The van der Waals surface area contributed by atoms with E-state index in [1.807, 2.05) is 0 Å². The van der Waals surface area contributed by atoms with Gasteiger partial charge in [-0.05, 0) is 72.2 Å². The van der Waals surface area contributed by atoms with Gasteiger partial charge in [0.05, 0.1) is 18.2 Å². The second kappa shape index (κ2) is 9.20. The van der Waals surface area contributed by atoms with Gasteiger partial charge in [0.25, 0.3) is 5.91 Å². The number of allylic oxidation sites excluding steroid dienone is 1. The van der Waals surface area contributed by atoms with Gasteiger partial charge in [-0.15, -0.1) is 0 Å². The van der Waals surface area contributed by atoms with Gasteiger partial charge < -0.3 is 14.5 Å². The number of halogens is 4. The van der Waals surface area contributed by atoms with Crippen LogP contribution in [0.2, 0.25) is 0 Å². The number of alkyl halides is 3. The molecule has 0 radical (unpaired) electrons. The number of nitrogens with zero attached hydrogens (tertiary/aromatic N) is 2. The lowest BCUT2D eigenvalue weighted by Crippen LogP contribution is -2.30. The fraction of sp³-hybridized carbons (Fsp3) is 0.308. The maximum Gasteiger partial charge on any atom is 0.416 e. The number of amides is 1. The molecule has 1 amide bonds. The zero-order valence-electron chi connectivity index (χ0n) is 19.4. The topological polar surface area (TPSA) is 62.8 Å². The van der Waals surface area contributed by atoms with E-state index < -0.39 is 17.7 Å². The van der Waals surface area contributed by atoms with Crippen LogP contribution in [0.15, 0.2) is 55.4 Å². The summed E-state index contributed by atoms with van der Waals surface area (Å²) in [6, 6.07) is 8.35. The van der Waals surface area contributed by atoms with Crippen molar-refractivity contribution in [2.24, 2.45) is 13.0 Å². The van der Waals surface area contributed by atoms with Crippen molar-refractivity contribution in [1.29, 1.82) is 5.41 Å². The lowest BCUT2D eigenvalue weighted by atomic mass is 9.97. The minimum Gasteiger partial charge on any atom is -0.345 e. The molecule has 4 rings (SSSR count). The molecule has 35 heavy (non-hydrogen) atoms. The van der Waals surface area contributed by atoms with Crippen LogP contribution in [0, 0.1) is 24.1 Å². The molecule has 1 aliphatic rings. The summed E-state index contributed by atoms with van der Waals surface area (Å²) in [6.45, 7) is 4.95. The summed E-state index contributed by atoms with van der Waals surface area (Å²) in [7, 11) is 1.69. The third-order valence-corrected chi connectivity index (χ3v) is 6.30. The first-order valence-electron chi connectivity index (χ1n) is 11.2. The molecule has 0 aliphatic heterocycles. The molecule has 1 fully saturated rings. The van der Waals surface area contributed by atoms with E-state index in [-0.39, 0.29) is 41.1 Å². The van der Waals surface area contributed by atoms with Gasteiger partial charge in [-0.25, -0.2) is 4.39 Å². The van der Waals surface area contributed by atoms with E-state index in [1.165, 1.54) is 24.3 Å². The summed E-state index contributed by atoms with van der Waals surface area (Å²) in [6.07, 6.45) is 0.449. The van der Waals surface area contributed by atoms with E-state index in [0.29, 0.717) is 11.1 Å². The summed E-state index contributed by atoms with van der Waals surface area (Å²) in [4.78, 5) is 13.3. The predicted octanol–water partition coefficient (Wildman–Crippen LogP) is 5.26. The number of aryl methyl sites for hydroxylation is 2. The van der Waals surface area contributed by atoms with Gasteiger partial charge in [-0.3, -0.25) is 10.2 Å². The number of carbonyl (C=O) groups excluding carboxylic acids is 1. The SMILES string of the molecule is C=C(c1cc(Cn2ccn(C)c2=N)cc(C(=O)N[C@H](c2ccc(F)c(C)c2)C2CC2)c1)C(F)(F)F. The number of carbonyl (C=O) groups is 1. The Morgan fingerprint density at radius 2 is 1.86 bits per heavy atom. The minimum absolute atomic E-state index is 0.0652. The number of aromatic nitrogens is 2. The quantitative estimate of drug-likeness (QED) is 0.440. The monoisotopic (exact) mass is 486 g/mol. The molecule has 1 aliphatic carbocycles. The molecule has 2 aromatic carbocycles. The second-order valence-electron chi connectivity index (χ2n) is 9.05. The molecule has 0 unspecified atom stereocenters. The standard InChI is InChI=1S/C26H26F4N4O/c1-15-10-19(6-7-22(15)27)23(18-4-5-18)32-24(35)21-12-17(14-34-9-8-33(3)25(34)31)11-20(13-21)16(2)26(28,29)30/h6-13,18,23,31H,2,4-5,14H2,1,3H3,(H,32,35)/t23-/m0/s1. The highest BCUT2D eigenvalue weighted by Gasteiger charge is 2.35. The summed E-state index contributed by atoms with van der Waals surface area (Å²) >= 11 is 0. The summed E-state index contributed by atoms with van der Waals surface area (Å²) < 4.78 is 57.2. The molecule has 0 bridgehead atoms. The van der Waals surface area contributed by atoms with Crippen molar-refractivity contribution in [1.82, 2.24) is 14.5 Å². The maximum absolute atomic E-state index is 13.8. The third-order valence-electron chi connectivity index (χ3n) is 6.30. The smallest absolute Gasteiger partial charge is 0.345 e. The second-order valence-corrected chi connectivity index (χ2v) is 9.05. The molecule has 3 aromatic rings. The number of benzene rings is 2. The third kappa shape index (κ3) is 5.39. The Kier molecular flexibility index (Phi) is 6.44. The number of nitrogens with one attached hydrogen (secondary N) is 2. The van der Waals surface area contributed by atoms with Gasteiger partial charge in [-0.1, -0.05) is 18.7 Å². The summed E-state index contributed by atoms with van der Waals surface area (Å²) in [5.41, 5.74) is 0.623. The predicted molar refractivity (Wildman–Crippen MR) is 124 cm³/mol. The fourth-order valence-corrected chi connectivity index (χ4v) is 4.09. The van der Waals surface area contributed by atoms with E-state index in [1.54, 1.807) is 47.6 Å². The molecule has 1 atom stereocenters. The Hall–Kier alpha value is -3.62. The first-order chi connectivity index (χ1) is 16.4. The molecule has 9 heteroatoms. The Morgan fingerprint density at radius 3 is 2.43 bits per heavy atom. The lowest BCUT2D eigenvalue weighted by molar-refractivity contribution is -0.0686. The Morgan fingerprint density at radius 1 is 1.17 bits per heavy atom. The Labute approximate surface area is 200 Å². The van der Waals surface area contributed by atoms with Gasteiger partial charge in [0.2, 0.25) is 5.62 Å². The molecule has 0 saturated heterocycles. The molecule has 0 spiro atoms. The van der Waals surface area contributed by atoms with Crippen LogP contribution >= 0.6 is 0 Å². The van der Waals surface area contributed by atoms with Crippen molar-refractivity contribution < 1.29 is 22.4 Å². The molecular weight excluding hydrogens is 460 g/mol. The van der Waals surface area contributed by atoms with E-state index in [4.69, 9.17) is 5.41 Å².